The topological polar surface area (TPSA) is 18.5 Å². The lowest BCUT2D eigenvalue weighted by Crippen LogP contribution is -2.38. The van der Waals surface area contributed by atoms with Gasteiger partial charge in [-0.1, -0.05) is 12.1 Å². The third-order valence-corrected chi connectivity index (χ3v) is 2.72. The van der Waals surface area contributed by atoms with E-state index in [9.17, 15) is 8.78 Å². The zero-order valence-corrected chi connectivity index (χ0v) is 9.08. The average Bonchev–Trinajstić information content (AvgIpc) is 2.23. The van der Waals surface area contributed by atoms with E-state index in [1.165, 1.54) is 0 Å². The summed E-state index contributed by atoms with van der Waals surface area (Å²) in [5.41, 5.74) is 0. The smallest absolute Gasteiger partial charge is 0.248 e. The summed E-state index contributed by atoms with van der Waals surface area (Å²) in [4.78, 5) is 0. The number of ether oxygens (including phenoxy) is 2. The highest BCUT2D eigenvalue weighted by atomic mass is 19.3. The van der Waals surface area contributed by atoms with Crippen LogP contribution < -0.4 is 9.47 Å². The Morgan fingerprint density at radius 3 is 2.44 bits per heavy atom. The first-order chi connectivity index (χ1) is 7.61. The van der Waals surface area contributed by atoms with Gasteiger partial charge in [0.1, 0.15) is 0 Å². The molecule has 1 saturated carbocycles. The Morgan fingerprint density at radius 1 is 1.25 bits per heavy atom. The summed E-state index contributed by atoms with van der Waals surface area (Å²) < 4.78 is 35.7. The van der Waals surface area contributed by atoms with Crippen molar-refractivity contribution in [3.05, 3.63) is 24.3 Å². The van der Waals surface area contributed by atoms with Crippen LogP contribution in [0.15, 0.2) is 24.3 Å². The molecule has 0 spiro atoms. The second-order valence-corrected chi connectivity index (χ2v) is 4.09. The molecule has 2 rings (SSSR count). The van der Waals surface area contributed by atoms with Crippen LogP contribution in [0.4, 0.5) is 8.78 Å². The summed E-state index contributed by atoms with van der Waals surface area (Å²) in [5, 5.41) is 0. The van der Waals surface area contributed by atoms with Crippen molar-refractivity contribution in [2.45, 2.75) is 18.8 Å². The Labute approximate surface area is 93.2 Å². The molecule has 0 heterocycles. The molecule has 0 unspecified atom stereocenters. The predicted molar refractivity (Wildman–Crippen MR) is 56.2 cm³/mol. The average molecular weight is 228 g/mol. The Balaban J connectivity index is 1.86. The minimum absolute atomic E-state index is 0.0417. The number of rotatable bonds is 4. The lowest BCUT2D eigenvalue weighted by molar-refractivity contribution is -0.119. The molecule has 0 aromatic heterocycles. The maximum atomic E-state index is 12.6. The van der Waals surface area contributed by atoms with Gasteiger partial charge in [0.05, 0.1) is 13.7 Å². The van der Waals surface area contributed by atoms with E-state index in [1.54, 1.807) is 19.2 Å². The minimum Gasteiger partial charge on any atom is -0.493 e. The standard InChI is InChI=1S/C12H14F2O2/c1-15-10-4-2-3-5-11(10)16-8-9-6-12(13,14)7-9/h2-5,9H,6-8H2,1H3. The third-order valence-electron chi connectivity index (χ3n) is 2.72. The van der Waals surface area contributed by atoms with Gasteiger partial charge in [-0.05, 0) is 12.1 Å². The lowest BCUT2D eigenvalue weighted by Gasteiger charge is -2.34. The van der Waals surface area contributed by atoms with Crippen LogP contribution in [0.3, 0.4) is 0 Å². The highest BCUT2D eigenvalue weighted by Crippen LogP contribution is 2.42. The zero-order chi connectivity index (χ0) is 11.6. The predicted octanol–water partition coefficient (Wildman–Crippen LogP) is 3.12. The first-order valence-electron chi connectivity index (χ1n) is 5.24. The molecular formula is C12H14F2O2. The van der Waals surface area contributed by atoms with E-state index in [-0.39, 0.29) is 18.8 Å². The maximum Gasteiger partial charge on any atom is 0.248 e. The second kappa shape index (κ2) is 4.28. The fourth-order valence-corrected chi connectivity index (χ4v) is 1.85. The molecule has 88 valence electrons. The number of alkyl halides is 2. The van der Waals surface area contributed by atoms with Crippen molar-refractivity contribution in [1.82, 2.24) is 0 Å². The van der Waals surface area contributed by atoms with Crippen LogP contribution in [0.2, 0.25) is 0 Å². The molecule has 1 aromatic carbocycles. The number of hydrogen-bond donors (Lipinski definition) is 0. The van der Waals surface area contributed by atoms with E-state index in [4.69, 9.17) is 9.47 Å². The Hall–Kier alpha value is -1.32. The highest BCUT2D eigenvalue weighted by molar-refractivity contribution is 5.39. The van der Waals surface area contributed by atoms with E-state index >= 15 is 0 Å². The van der Waals surface area contributed by atoms with Crippen molar-refractivity contribution in [2.75, 3.05) is 13.7 Å². The van der Waals surface area contributed by atoms with Crippen molar-refractivity contribution in [2.24, 2.45) is 5.92 Å². The number of benzene rings is 1. The third kappa shape index (κ3) is 2.43. The molecule has 0 amide bonds. The Morgan fingerprint density at radius 2 is 1.88 bits per heavy atom. The number of para-hydroxylation sites is 2. The zero-order valence-electron chi connectivity index (χ0n) is 9.08. The normalized spacial score (nSPS) is 18.9. The minimum atomic E-state index is -2.48. The first-order valence-corrected chi connectivity index (χ1v) is 5.24. The van der Waals surface area contributed by atoms with Crippen LogP contribution in [0.5, 0.6) is 11.5 Å². The molecule has 4 heteroatoms. The highest BCUT2D eigenvalue weighted by Gasteiger charge is 2.45. The lowest BCUT2D eigenvalue weighted by atomic mass is 9.82. The molecular weight excluding hydrogens is 214 g/mol. The van der Waals surface area contributed by atoms with Gasteiger partial charge in [0.15, 0.2) is 11.5 Å². The van der Waals surface area contributed by atoms with E-state index in [1.807, 2.05) is 12.1 Å². The number of halogens is 2. The van der Waals surface area contributed by atoms with Crippen LogP contribution in [0.1, 0.15) is 12.8 Å². The molecule has 0 radical (unpaired) electrons. The van der Waals surface area contributed by atoms with E-state index in [0.29, 0.717) is 18.1 Å². The van der Waals surface area contributed by atoms with Gasteiger partial charge < -0.3 is 9.47 Å². The van der Waals surface area contributed by atoms with Crippen LogP contribution in [-0.2, 0) is 0 Å². The van der Waals surface area contributed by atoms with Crippen LogP contribution in [-0.4, -0.2) is 19.6 Å². The summed E-state index contributed by atoms with van der Waals surface area (Å²) in [5.74, 6) is -1.27. The Bertz CT molecular complexity index is 358. The molecule has 1 fully saturated rings. The number of methoxy groups -OCH3 is 1. The van der Waals surface area contributed by atoms with Gasteiger partial charge >= 0.3 is 0 Å². The summed E-state index contributed by atoms with van der Waals surface area (Å²) in [6.07, 6.45) is -0.135. The molecule has 1 aromatic rings. The molecule has 1 aliphatic rings. The fraction of sp³-hybridized carbons (Fsp3) is 0.500. The summed E-state index contributed by atoms with van der Waals surface area (Å²) >= 11 is 0. The Kier molecular flexibility index (Phi) is 2.99. The van der Waals surface area contributed by atoms with Crippen molar-refractivity contribution in [3.8, 4) is 11.5 Å². The van der Waals surface area contributed by atoms with Crippen LogP contribution >= 0.6 is 0 Å². The second-order valence-electron chi connectivity index (χ2n) is 4.09. The maximum absolute atomic E-state index is 12.6. The number of hydrogen-bond acceptors (Lipinski definition) is 2. The summed E-state index contributed by atoms with van der Waals surface area (Å²) in [6, 6.07) is 7.22. The quantitative estimate of drug-likeness (QED) is 0.788. The monoisotopic (exact) mass is 228 g/mol. The molecule has 0 N–H and O–H groups in total. The van der Waals surface area contributed by atoms with Gasteiger partial charge in [-0.25, -0.2) is 8.78 Å². The van der Waals surface area contributed by atoms with Crippen LogP contribution in [0.25, 0.3) is 0 Å². The molecule has 1 aliphatic carbocycles. The van der Waals surface area contributed by atoms with Crippen molar-refractivity contribution < 1.29 is 18.3 Å². The SMILES string of the molecule is COc1ccccc1OCC1CC(F)(F)C1. The molecule has 0 saturated heterocycles. The molecule has 0 bridgehead atoms. The molecule has 0 aliphatic heterocycles. The van der Waals surface area contributed by atoms with Gasteiger partial charge in [0.25, 0.3) is 0 Å². The van der Waals surface area contributed by atoms with Gasteiger partial charge in [-0.15, -0.1) is 0 Å². The van der Waals surface area contributed by atoms with Crippen molar-refractivity contribution >= 4 is 0 Å². The van der Waals surface area contributed by atoms with E-state index < -0.39 is 5.92 Å². The van der Waals surface area contributed by atoms with Crippen molar-refractivity contribution in [1.29, 1.82) is 0 Å². The van der Waals surface area contributed by atoms with E-state index in [2.05, 4.69) is 0 Å². The fourth-order valence-electron chi connectivity index (χ4n) is 1.85. The van der Waals surface area contributed by atoms with Crippen LogP contribution in [0, 0.1) is 5.92 Å². The van der Waals surface area contributed by atoms with Gasteiger partial charge in [0, 0.05) is 18.8 Å². The van der Waals surface area contributed by atoms with Gasteiger partial charge in [-0.2, -0.15) is 0 Å². The molecule has 0 atom stereocenters. The summed E-state index contributed by atoms with van der Waals surface area (Å²) in [6.45, 7) is 0.329. The molecule has 2 nitrogen and oxygen atoms in total. The first kappa shape index (κ1) is 11.2. The van der Waals surface area contributed by atoms with Crippen molar-refractivity contribution in [3.63, 3.8) is 0 Å². The van der Waals surface area contributed by atoms with E-state index in [0.717, 1.165) is 0 Å². The molecule has 16 heavy (non-hydrogen) atoms. The van der Waals surface area contributed by atoms with Gasteiger partial charge in [0.2, 0.25) is 5.92 Å². The largest absolute Gasteiger partial charge is 0.493 e. The summed E-state index contributed by atoms with van der Waals surface area (Å²) in [7, 11) is 1.56. The van der Waals surface area contributed by atoms with Gasteiger partial charge in [-0.3, -0.25) is 0 Å².